The second-order valence-corrected chi connectivity index (χ2v) is 6.75. The Balaban J connectivity index is 1.53. The van der Waals surface area contributed by atoms with Gasteiger partial charge in [0.1, 0.15) is 6.54 Å². The normalized spacial score (nSPS) is 18.3. The fourth-order valence-corrected chi connectivity index (χ4v) is 3.45. The van der Waals surface area contributed by atoms with Gasteiger partial charge in [0.05, 0.1) is 0 Å². The van der Waals surface area contributed by atoms with E-state index in [1.165, 1.54) is 34.7 Å². The van der Waals surface area contributed by atoms with Crippen molar-refractivity contribution in [2.24, 2.45) is 0 Å². The van der Waals surface area contributed by atoms with Gasteiger partial charge in [-0.05, 0) is 50.5 Å². The van der Waals surface area contributed by atoms with Crippen molar-refractivity contribution in [3.05, 3.63) is 24.3 Å². The first kappa shape index (κ1) is 18.2. The second-order valence-electron chi connectivity index (χ2n) is 6.75. The van der Waals surface area contributed by atoms with Crippen LogP contribution < -0.4 is 10.2 Å². The number of amides is 3. The molecule has 2 aliphatic heterocycles. The summed E-state index contributed by atoms with van der Waals surface area (Å²) < 4.78 is 0. The van der Waals surface area contributed by atoms with Gasteiger partial charge >= 0.3 is 11.8 Å². The smallest absolute Gasteiger partial charge is 0.312 e. The number of piperidine rings is 1. The Bertz CT molecular complexity index is 668. The van der Waals surface area contributed by atoms with Crippen LogP contribution in [0.1, 0.15) is 26.2 Å². The number of nitrogens with one attached hydrogen (secondary N) is 1. The molecule has 0 atom stereocenters. The van der Waals surface area contributed by atoms with Crippen LogP contribution in [0.4, 0.5) is 11.4 Å². The fraction of sp³-hybridized carbons (Fsp3) is 0.526. The molecule has 0 radical (unpaired) electrons. The summed E-state index contributed by atoms with van der Waals surface area (Å²) in [6.07, 6.45) is 3.73. The van der Waals surface area contributed by atoms with Gasteiger partial charge < -0.3 is 20.0 Å². The molecule has 7 nitrogen and oxygen atoms in total. The highest BCUT2D eigenvalue weighted by Crippen LogP contribution is 2.21. The molecule has 26 heavy (non-hydrogen) atoms. The number of hydrogen-bond donors (Lipinski definition) is 1. The molecule has 2 aliphatic rings. The van der Waals surface area contributed by atoms with Gasteiger partial charge in [-0.15, -0.1) is 0 Å². The van der Waals surface area contributed by atoms with Crippen molar-refractivity contribution in [3.8, 4) is 0 Å². The monoisotopic (exact) mass is 358 g/mol. The van der Waals surface area contributed by atoms with E-state index in [1.807, 2.05) is 31.2 Å². The van der Waals surface area contributed by atoms with Crippen LogP contribution >= 0.6 is 0 Å². The third-order valence-corrected chi connectivity index (χ3v) is 4.99. The summed E-state index contributed by atoms with van der Waals surface area (Å²) in [7, 11) is 0. The van der Waals surface area contributed by atoms with E-state index < -0.39 is 11.8 Å². The topological polar surface area (TPSA) is 73.0 Å². The quantitative estimate of drug-likeness (QED) is 0.806. The number of piperazine rings is 1. The molecule has 3 rings (SSSR count). The Morgan fingerprint density at radius 3 is 2.19 bits per heavy atom. The summed E-state index contributed by atoms with van der Waals surface area (Å²) >= 11 is 0. The lowest BCUT2D eigenvalue weighted by Crippen LogP contribution is -2.55. The number of likely N-dealkylation sites (N-methyl/N-ethyl adjacent to an activating group) is 1. The molecule has 0 unspecified atom stereocenters. The Kier molecular flexibility index (Phi) is 5.75. The Morgan fingerprint density at radius 1 is 0.923 bits per heavy atom. The molecule has 1 N–H and O–H groups in total. The van der Waals surface area contributed by atoms with Crippen LogP contribution in [0.5, 0.6) is 0 Å². The van der Waals surface area contributed by atoms with Crippen molar-refractivity contribution in [1.82, 2.24) is 9.80 Å². The lowest BCUT2D eigenvalue weighted by atomic mass is 10.1. The van der Waals surface area contributed by atoms with E-state index in [4.69, 9.17) is 0 Å². The molecule has 2 fully saturated rings. The minimum atomic E-state index is -0.603. The molecule has 0 aliphatic carbocycles. The molecule has 140 valence electrons. The third kappa shape index (κ3) is 4.15. The number of benzene rings is 1. The zero-order valence-electron chi connectivity index (χ0n) is 15.2. The Hall–Kier alpha value is -2.57. The SMILES string of the molecule is CCN1CCN(CC(=O)Nc2ccc(N3CCCCC3)cc2)C(=O)C1=O. The highest BCUT2D eigenvalue weighted by atomic mass is 16.2. The standard InChI is InChI=1S/C19H26N4O3/c1-2-21-12-13-23(19(26)18(21)25)14-17(24)20-15-6-8-16(9-7-15)22-10-4-3-5-11-22/h6-9H,2-5,10-14H2,1H3,(H,20,24). The number of hydrogen-bond acceptors (Lipinski definition) is 4. The van der Waals surface area contributed by atoms with E-state index in [2.05, 4.69) is 10.2 Å². The molecule has 1 aromatic carbocycles. The van der Waals surface area contributed by atoms with Crippen molar-refractivity contribution in [1.29, 1.82) is 0 Å². The van der Waals surface area contributed by atoms with Gasteiger partial charge in [-0.2, -0.15) is 0 Å². The third-order valence-electron chi connectivity index (χ3n) is 4.99. The zero-order chi connectivity index (χ0) is 18.5. The molecule has 0 spiro atoms. The molecule has 2 heterocycles. The maximum atomic E-state index is 12.2. The summed E-state index contributed by atoms with van der Waals surface area (Å²) in [4.78, 5) is 41.3. The van der Waals surface area contributed by atoms with Crippen molar-refractivity contribution in [3.63, 3.8) is 0 Å². The minimum absolute atomic E-state index is 0.101. The molecule has 0 bridgehead atoms. The van der Waals surface area contributed by atoms with E-state index in [1.54, 1.807) is 0 Å². The van der Waals surface area contributed by atoms with Crippen LogP contribution in [0, 0.1) is 0 Å². The van der Waals surface area contributed by atoms with E-state index in [9.17, 15) is 14.4 Å². The second kappa shape index (κ2) is 8.21. The van der Waals surface area contributed by atoms with Gasteiger partial charge in [-0.25, -0.2) is 0 Å². The van der Waals surface area contributed by atoms with E-state index >= 15 is 0 Å². The van der Waals surface area contributed by atoms with Crippen molar-refractivity contribution in [2.75, 3.05) is 49.5 Å². The van der Waals surface area contributed by atoms with Crippen LogP contribution in [-0.4, -0.2) is 66.8 Å². The predicted octanol–water partition coefficient (Wildman–Crippen LogP) is 1.31. The molecule has 0 aromatic heterocycles. The summed E-state index contributed by atoms with van der Waals surface area (Å²) in [5.41, 5.74) is 1.86. The maximum Gasteiger partial charge on any atom is 0.312 e. The van der Waals surface area contributed by atoms with Gasteiger partial charge in [-0.1, -0.05) is 0 Å². The molecule has 3 amide bonds. The fourth-order valence-electron chi connectivity index (χ4n) is 3.45. The first-order valence-corrected chi connectivity index (χ1v) is 9.31. The Morgan fingerprint density at radius 2 is 1.54 bits per heavy atom. The molecule has 0 saturated carbocycles. The zero-order valence-corrected chi connectivity index (χ0v) is 15.2. The van der Waals surface area contributed by atoms with Crippen LogP contribution in [0.3, 0.4) is 0 Å². The molecular formula is C19H26N4O3. The van der Waals surface area contributed by atoms with E-state index in [-0.39, 0.29) is 12.5 Å². The lowest BCUT2D eigenvalue weighted by molar-refractivity contribution is -0.156. The maximum absolute atomic E-state index is 12.2. The lowest BCUT2D eigenvalue weighted by Gasteiger charge is -2.32. The molecule has 7 heteroatoms. The largest absolute Gasteiger partial charge is 0.372 e. The number of nitrogens with zero attached hydrogens (tertiary/aromatic N) is 3. The molecule has 2 saturated heterocycles. The van der Waals surface area contributed by atoms with Crippen LogP contribution in [0.25, 0.3) is 0 Å². The summed E-state index contributed by atoms with van der Waals surface area (Å²) in [6, 6.07) is 7.78. The van der Waals surface area contributed by atoms with Crippen LogP contribution in [0.2, 0.25) is 0 Å². The van der Waals surface area contributed by atoms with Crippen molar-refractivity contribution < 1.29 is 14.4 Å². The number of rotatable bonds is 5. The summed E-state index contributed by atoms with van der Waals surface area (Å²) in [6.45, 7) is 5.25. The number of anilines is 2. The first-order chi connectivity index (χ1) is 12.6. The van der Waals surface area contributed by atoms with Crippen LogP contribution in [-0.2, 0) is 14.4 Å². The van der Waals surface area contributed by atoms with Crippen LogP contribution in [0.15, 0.2) is 24.3 Å². The van der Waals surface area contributed by atoms with E-state index in [0.717, 1.165) is 13.1 Å². The average Bonchev–Trinajstić information content (AvgIpc) is 2.67. The highest BCUT2D eigenvalue weighted by molar-refractivity contribution is 6.35. The van der Waals surface area contributed by atoms with Gasteiger partial charge in [-0.3, -0.25) is 14.4 Å². The number of carbonyl (C=O) groups is 3. The average molecular weight is 358 g/mol. The highest BCUT2D eigenvalue weighted by Gasteiger charge is 2.32. The summed E-state index contributed by atoms with van der Waals surface area (Å²) in [5.74, 6) is -1.42. The molecule has 1 aromatic rings. The first-order valence-electron chi connectivity index (χ1n) is 9.31. The van der Waals surface area contributed by atoms with Gasteiger partial charge in [0.15, 0.2) is 0 Å². The van der Waals surface area contributed by atoms with Crippen molar-refractivity contribution >= 4 is 29.1 Å². The van der Waals surface area contributed by atoms with E-state index in [0.29, 0.717) is 25.3 Å². The van der Waals surface area contributed by atoms with Gasteiger partial charge in [0.2, 0.25) is 5.91 Å². The minimum Gasteiger partial charge on any atom is -0.372 e. The summed E-state index contributed by atoms with van der Waals surface area (Å²) in [5, 5.41) is 2.80. The van der Waals surface area contributed by atoms with Gasteiger partial charge in [0, 0.05) is 44.1 Å². The van der Waals surface area contributed by atoms with Crippen molar-refractivity contribution in [2.45, 2.75) is 26.2 Å². The Labute approximate surface area is 153 Å². The predicted molar refractivity (Wildman–Crippen MR) is 100.0 cm³/mol. The molecular weight excluding hydrogens is 332 g/mol. The van der Waals surface area contributed by atoms with Gasteiger partial charge in [0.25, 0.3) is 0 Å². The number of carbonyl (C=O) groups excluding carboxylic acids is 3.